The molecule has 0 atom stereocenters. The van der Waals surface area contributed by atoms with Gasteiger partial charge >= 0.3 is 0 Å². The summed E-state index contributed by atoms with van der Waals surface area (Å²) in [5, 5.41) is 0. The van der Waals surface area contributed by atoms with Crippen molar-refractivity contribution in [2.45, 2.75) is 32.1 Å². The predicted octanol–water partition coefficient (Wildman–Crippen LogP) is 2.37. The maximum Gasteiger partial charge on any atom is 0 e. The lowest BCUT2D eigenvalue weighted by molar-refractivity contribution is 0.108. The molecule has 0 aromatic heterocycles. The molecule has 0 bridgehead atoms. The summed E-state index contributed by atoms with van der Waals surface area (Å²) in [5.41, 5.74) is 5.50. The van der Waals surface area contributed by atoms with Gasteiger partial charge in [0.05, 0.1) is 0 Å². The fraction of sp³-hybridized carbons (Fsp3) is 1.00. The van der Waals surface area contributed by atoms with Crippen LogP contribution in [0.1, 0.15) is 32.1 Å². The van der Waals surface area contributed by atoms with E-state index in [-0.39, 0.29) is 0 Å². The Kier molecular flexibility index (Phi) is 6.81. The SMILES string of the molecule is FF.NCC1CCCCC1. The van der Waals surface area contributed by atoms with Crippen molar-refractivity contribution in [1.82, 2.24) is 0 Å². The topological polar surface area (TPSA) is 26.0 Å². The summed E-state index contributed by atoms with van der Waals surface area (Å²) in [6, 6.07) is 0. The molecule has 1 nitrogen and oxygen atoms in total. The third-order valence-corrected chi connectivity index (χ3v) is 2.06. The van der Waals surface area contributed by atoms with Gasteiger partial charge in [-0.2, -0.15) is 0 Å². The van der Waals surface area contributed by atoms with E-state index in [9.17, 15) is 0 Å². The fourth-order valence-corrected chi connectivity index (χ4v) is 1.42. The monoisotopic (exact) mass is 151 g/mol. The molecule has 0 spiro atoms. The van der Waals surface area contributed by atoms with Gasteiger partial charge < -0.3 is 5.73 Å². The highest BCUT2D eigenvalue weighted by molar-refractivity contribution is 4.65. The van der Waals surface area contributed by atoms with Crippen LogP contribution in [0.15, 0.2) is 0 Å². The van der Waals surface area contributed by atoms with E-state index in [2.05, 4.69) is 0 Å². The van der Waals surface area contributed by atoms with Crippen molar-refractivity contribution in [3.63, 3.8) is 0 Å². The first-order valence-electron chi connectivity index (χ1n) is 3.78. The fourth-order valence-electron chi connectivity index (χ4n) is 1.42. The molecule has 1 fully saturated rings. The molecular formula is C7H15F2N. The van der Waals surface area contributed by atoms with Crippen LogP contribution in [0.5, 0.6) is 0 Å². The van der Waals surface area contributed by atoms with E-state index >= 15 is 0 Å². The van der Waals surface area contributed by atoms with Crippen LogP contribution in [0.25, 0.3) is 0 Å². The Morgan fingerprint density at radius 2 is 1.60 bits per heavy atom. The Balaban J connectivity index is 0.000000371. The molecule has 3 heteroatoms. The van der Waals surface area contributed by atoms with E-state index in [0.717, 1.165) is 12.5 Å². The largest absolute Gasteiger partial charge is 0.330 e. The first kappa shape index (κ1) is 9.82. The van der Waals surface area contributed by atoms with Gasteiger partial charge in [0, 0.05) is 9.15 Å². The molecule has 0 amide bonds. The lowest BCUT2D eigenvalue weighted by Crippen LogP contribution is -2.16. The summed E-state index contributed by atoms with van der Waals surface area (Å²) in [5.74, 6) is 0.865. The second-order valence-electron chi connectivity index (χ2n) is 2.74. The highest BCUT2D eigenvalue weighted by Gasteiger charge is 2.09. The number of hydrogen-bond acceptors (Lipinski definition) is 1. The van der Waals surface area contributed by atoms with Crippen LogP contribution in [-0.4, -0.2) is 6.54 Å². The van der Waals surface area contributed by atoms with E-state index < -0.39 is 0 Å². The van der Waals surface area contributed by atoms with Crippen molar-refractivity contribution in [3.05, 3.63) is 0 Å². The van der Waals surface area contributed by atoms with Crippen molar-refractivity contribution in [2.75, 3.05) is 6.54 Å². The zero-order valence-electron chi connectivity index (χ0n) is 6.15. The molecule has 0 aliphatic heterocycles. The number of rotatable bonds is 1. The zero-order valence-corrected chi connectivity index (χ0v) is 6.15. The average molecular weight is 151 g/mol. The Hall–Kier alpha value is -0.180. The van der Waals surface area contributed by atoms with Gasteiger partial charge in [0.2, 0.25) is 0 Å². The highest BCUT2D eigenvalue weighted by Crippen LogP contribution is 2.21. The van der Waals surface area contributed by atoms with Crippen molar-refractivity contribution in [3.8, 4) is 0 Å². The van der Waals surface area contributed by atoms with E-state index in [0.29, 0.717) is 0 Å². The van der Waals surface area contributed by atoms with Gasteiger partial charge in [-0.1, -0.05) is 19.3 Å². The molecule has 10 heavy (non-hydrogen) atoms. The molecule has 0 aromatic rings. The Labute approximate surface area is 60.5 Å². The molecule has 0 heterocycles. The lowest BCUT2D eigenvalue weighted by Gasteiger charge is -2.18. The zero-order chi connectivity index (χ0) is 7.82. The van der Waals surface area contributed by atoms with Crippen LogP contribution in [-0.2, 0) is 0 Å². The molecule has 0 saturated heterocycles. The second kappa shape index (κ2) is 6.93. The van der Waals surface area contributed by atoms with Crippen LogP contribution < -0.4 is 5.73 Å². The van der Waals surface area contributed by atoms with Crippen molar-refractivity contribution in [1.29, 1.82) is 0 Å². The van der Waals surface area contributed by atoms with Gasteiger partial charge in [0.1, 0.15) is 0 Å². The maximum absolute atomic E-state index is 8.00. The molecule has 1 aliphatic carbocycles. The summed E-state index contributed by atoms with van der Waals surface area (Å²) >= 11 is 0. The lowest BCUT2D eigenvalue weighted by atomic mass is 9.90. The Morgan fingerprint density at radius 3 is 1.90 bits per heavy atom. The van der Waals surface area contributed by atoms with Gasteiger partial charge in [0.15, 0.2) is 0 Å². The van der Waals surface area contributed by atoms with Crippen molar-refractivity contribution in [2.24, 2.45) is 11.7 Å². The summed E-state index contributed by atoms with van der Waals surface area (Å²) in [6.45, 7) is 0.917. The van der Waals surface area contributed by atoms with Crippen LogP contribution in [0.4, 0.5) is 9.15 Å². The van der Waals surface area contributed by atoms with Gasteiger partial charge in [0.25, 0.3) is 0 Å². The summed E-state index contributed by atoms with van der Waals surface area (Å²) in [6.07, 6.45) is 7.05. The average Bonchev–Trinajstić information content (AvgIpc) is 2.10. The van der Waals surface area contributed by atoms with Gasteiger partial charge in [-0.25, -0.2) is 0 Å². The third-order valence-electron chi connectivity index (χ3n) is 2.06. The first-order valence-corrected chi connectivity index (χ1v) is 3.78. The molecule has 0 aromatic carbocycles. The minimum absolute atomic E-state index is 0.865. The molecule has 1 rings (SSSR count). The van der Waals surface area contributed by atoms with Crippen LogP contribution >= 0.6 is 0 Å². The Bertz CT molecular complexity index is 62.6. The van der Waals surface area contributed by atoms with Crippen LogP contribution in [0, 0.1) is 5.92 Å². The summed E-state index contributed by atoms with van der Waals surface area (Å²) < 4.78 is 16.0. The molecular weight excluding hydrogens is 136 g/mol. The van der Waals surface area contributed by atoms with Gasteiger partial charge in [-0.15, -0.1) is 0 Å². The van der Waals surface area contributed by atoms with Crippen molar-refractivity contribution >= 4 is 0 Å². The molecule has 62 valence electrons. The summed E-state index contributed by atoms with van der Waals surface area (Å²) in [4.78, 5) is 0. The van der Waals surface area contributed by atoms with E-state index in [1.165, 1.54) is 32.1 Å². The maximum atomic E-state index is 8.00. The normalized spacial score (nSPS) is 19.5. The van der Waals surface area contributed by atoms with E-state index in [4.69, 9.17) is 14.9 Å². The molecule has 0 unspecified atom stereocenters. The van der Waals surface area contributed by atoms with E-state index in [1.54, 1.807) is 0 Å². The third kappa shape index (κ3) is 3.77. The summed E-state index contributed by atoms with van der Waals surface area (Å²) in [7, 11) is 0. The molecule has 1 aliphatic rings. The molecule has 0 radical (unpaired) electrons. The van der Waals surface area contributed by atoms with Crippen LogP contribution in [0.3, 0.4) is 0 Å². The highest BCUT2D eigenvalue weighted by atomic mass is 20.0. The van der Waals surface area contributed by atoms with Crippen LogP contribution in [0.2, 0.25) is 0 Å². The van der Waals surface area contributed by atoms with Gasteiger partial charge in [-0.05, 0) is 25.3 Å². The minimum Gasteiger partial charge on any atom is -0.330 e. The molecule has 1 saturated carbocycles. The van der Waals surface area contributed by atoms with Crippen molar-refractivity contribution < 1.29 is 9.15 Å². The van der Waals surface area contributed by atoms with E-state index in [1.807, 2.05) is 0 Å². The molecule has 2 N–H and O–H groups in total. The standard InChI is InChI=1S/C7H15N.F2/c8-6-7-4-2-1-3-5-7;1-2/h7H,1-6,8H2;. The quantitative estimate of drug-likeness (QED) is 0.611. The number of hydrogen-bond donors (Lipinski definition) is 1. The predicted molar refractivity (Wildman–Crippen MR) is 37.8 cm³/mol. The smallest absolute Gasteiger partial charge is 0 e. The second-order valence-corrected chi connectivity index (χ2v) is 2.74. The first-order chi connectivity index (χ1) is 4.93. The number of halogens is 2. The minimum atomic E-state index is 0.865. The Morgan fingerprint density at radius 1 is 1.10 bits per heavy atom. The van der Waals surface area contributed by atoms with Gasteiger partial charge in [-0.3, -0.25) is 0 Å². The number of nitrogens with two attached hydrogens (primary N) is 1.